The number of para-hydroxylation sites is 2. The second-order valence-electron chi connectivity index (χ2n) is 10.7. The number of carbonyl (C=O) groups excluding carboxylic acids is 2. The number of halogens is 2. The van der Waals surface area contributed by atoms with E-state index in [2.05, 4.69) is 30.2 Å². The van der Waals surface area contributed by atoms with Crippen LogP contribution >= 0.6 is 20.2 Å². The summed E-state index contributed by atoms with van der Waals surface area (Å²) < 4.78 is 19.2. The monoisotopic (exact) mass is 823 g/mol. The number of benzene rings is 2. The Morgan fingerprint density at radius 1 is 0.642 bits per heavy atom. The fourth-order valence-electron chi connectivity index (χ4n) is 5.79. The number of ether oxygens (including phenoxy) is 4. The topological polar surface area (TPSA) is 228 Å². The zero-order valence-electron chi connectivity index (χ0n) is 29.5. The number of nitro groups is 2. The van der Waals surface area contributed by atoms with E-state index in [1.165, 1.54) is 64.8 Å². The van der Waals surface area contributed by atoms with Gasteiger partial charge in [-0.3, -0.25) is 30.2 Å². The molecule has 0 fully saturated rings. The molecule has 0 bridgehead atoms. The van der Waals surface area contributed by atoms with Gasteiger partial charge in [0, 0.05) is 57.2 Å². The van der Waals surface area contributed by atoms with Crippen molar-refractivity contribution in [3.05, 3.63) is 125 Å². The Bertz CT molecular complexity index is 1820. The van der Waals surface area contributed by atoms with Crippen molar-refractivity contribution < 1.29 is 61.7 Å². The number of hydrogen-bond acceptors (Lipinski definition) is 14. The van der Waals surface area contributed by atoms with Gasteiger partial charge in [0.1, 0.15) is 0 Å². The molecular formula is C34H34Cl2CuN4O12-2. The molecule has 19 heteroatoms. The van der Waals surface area contributed by atoms with Crippen molar-refractivity contribution in [1.82, 2.24) is 0 Å². The molecule has 0 aliphatic carbocycles. The zero-order chi connectivity index (χ0) is 40.2. The first-order valence-corrected chi connectivity index (χ1v) is 17.5. The molecule has 0 saturated carbocycles. The predicted molar refractivity (Wildman–Crippen MR) is 187 cm³/mol. The maximum absolute atomic E-state index is 12.3. The summed E-state index contributed by atoms with van der Waals surface area (Å²) in [5.41, 5.74) is 1.59. The SMILES string of the molecule is COC(=O)C1=C(C)N=C(C)C(=C([O-])OC)C1c1ccccc1[N+](=O)[O-].COC(=O)C1=C(C)N=C(C)C(=C([O-])OC)C1c1ccccc1[N+](=O)[O-].[Cl][Cu][Cl]. The summed E-state index contributed by atoms with van der Waals surface area (Å²) in [4.78, 5) is 54.8. The van der Waals surface area contributed by atoms with E-state index >= 15 is 0 Å². The molecule has 16 nitrogen and oxygen atoms in total. The van der Waals surface area contributed by atoms with Crippen molar-refractivity contribution >= 4 is 54.9 Å². The Labute approximate surface area is 319 Å². The molecule has 2 aliphatic heterocycles. The molecule has 2 aromatic rings. The summed E-state index contributed by atoms with van der Waals surface area (Å²) in [6.07, 6.45) is 0. The molecule has 2 unspecified atom stereocenters. The molecule has 0 N–H and O–H groups in total. The molecule has 0 radical (unpaired) electrons. The van der Waals surface area contributed by atoms with E-state index in [9.17, 15) is 40.0 Å². The van der Waals surface area contributed by atoms with Crippen LogP contribution in [-0.4, -0.2) is 61.6 Å². The minimum atomic E-state index is -1.00. The number of nitro benzene ring substituents is 2. The van der Waals surface area contributed by atoms with Crippen LogP contribution in [0.1, 0.15) is 50.7 Å². The van der Waals surface area contributed by atoms with E-state index in [1.807, 2.05) is 0 Å². The van der Waals surface area contributed by atoms with Crippen LogP contribution in [0.5, 0.6) is 0 Å². The van der Waals surface area contributed by atoms with Crippen LogP contribution in [0.15, 0.2) is 104 Å². The second kappa shape index (κ2) is 20.1. The van der Waals surface area contributed by atoms with Crippen molar-refractivity contribution in [3.8, 4) is 0 Å². The van der Waals surface area contributed by atoms with E-state index in [1.54, 1.807) is 39.8 Å². The zero-order valence-corrected chi connectivity index (χ0v) is 32.0. The predicted octanol–water partition coefficient (Wildman–Crippen LogP) is 5.01. The van der Waals surface area contributed by atoms with Gasteiger partial charge in [-0.25, -0.2) is 9.59 Å². The quantitative estimate of drug-likeness (QED) is 0.112. The summed E-state index contributed by atoms with van der Waals surface area (Å²) in [5.74, 6) is -4.84. The van der Waals surface area contributed by atoms with Gasteiger partial charge in [0.25, 0.3) is 11.4 Å². The normalized spacial score (nSPS) is 18.5. The van der Waals surface area contributed by atoms with Crippen LogP contribution in [-0.2, 0) is 41.7 Å². The van der Waals surface area contributed by atoms with Gasteiger partial charge in [-0.1, -0.05) is 36.4 Å². The molecule has 0 saturated heterocycles. The molecule has 2 aliphatic rings. The van der Waals surface area contributed by atoms with Gasteiger partial charge >= 0.3 is 45.3 Å². The molecule has 2 atom stereocenters. The number of hydrogen-bond donors (Lipinski definition) is 0. The number of methoxy groups -OCH3 is 4. The maximum atomic E-state index is 12.3. The molecule has 0 aromatic heterocycles. The van der Waals surface area contributed by atoms with Gasteiger partial charge in [-0.15, -0.1) is 0 Å². The molecule has 4 rings (SSSR count). The van der Waals surface area contributed by atoms with Gasteiger partial charge in [-0.05, 0) is 41.9 Å². The Balaban J connectivity index is 0.000000341. The number of nitrogens with zero attached hydrogens (tertiary/aromatic N) is 4. The molecule has 53 heavy (non-hydrogen) atoms. The van der Waals surface area contributed by atoms with Crippen LogP contribution in [0.4, 0.5) is 11.4 Å². The van der Waals surface area contributed by atoms with E-state index in [0.717, 1.165) is 13.1 Å². The molecule has 2 heterocycles. The number of aliphatic imine (C=N–C) groups is 2. The Morgan fingerprint density at radius 3 is 1.21 bits per heavy atom. The van der Waals surface area contributed by atoms with E-state index in [4.69, 9.17) is 18.9 Å². The van der Waals surface area contributed by atoms with Crippen molar-refractivity contribution in [2.24, 2.45) is 9.98 Å². The molecule has 2 aromatic carbocycles. The first-order chi connectivity index (χ1) is 25.1. The Hall–Kier alpha value is -5.22. The summed E-state index contributed by atoms with van der Waals surface area (Å²) in [6.45, 7) is 6.36. The van der Waals surface area contributed by atoms with Crippen LogP contribution in [0.2, 0.25) is 0 Å². The summed E-state index contributed by atoms with van der Waals surface area (Å²) in [5, 5.41) is 47.5. The molecular weight excluding hydrogens is 791 g/mol. The fourth-order valence-corrected chi connectivity index (χ4v) is 5.79. The van der Waals surface area contributed by atoms with Crippen LogP contribution in [0.25, 0.3) is 0 Å². The number of allylic oxidation sites excluding steroid dienone is 4. The fraction of sp³-hybridized carbons (Fsp3) is 0.294. The third kappa shape index (κ3) is 10.0. The number of esters is 2. The van der Waals surface area contributed by atoms with Gasteiger partial charge in [0.2, 0.25) is 0 Å². The van der Waals surface area contributed by atoms with Gasteiger partial charge < -0.3 is 29.2 Å². The van der Waals surface area contributed by atoms with Crippen molar-refractivity contribution in [2.75, 3.05) is 28.4 Å². The molecule has 0 spiro atoms. The van der Waals surface area contributed by atoms with Crippen LogP contribution in [0.3, 0.4) is 0 Å². The number of rotatable bonds is 8. The molecule has 289 valence electrons. The van der Waals surface area contributed by atoms with E-state index < -0.39 is 45.5 Å². The molecule has 0 amide bonds. The minimum absolute atomic E-state index is 0.0720. The summed E-state index contributed by atoms with van der Waals surface area (Å²) in [6, 6.07) is 11.9. The second-order valence-corrected chi connectivity index (χ2v) is 12.3. The van der Waals surface area contributed by atoms with E-state index in [0.29, 0.717) is 22.8 Å². The van der Waals surface area contributed by atoms with Crippen molar-refractivity contribution in [2.45, 2.75) is 39.5 Å². The van der Waals surface area contributed by atoms with Crippen molar-refractivity contribution in [3.63, 3.8) is 0 Å². The summed E-state index contributed by atoms with van der Waals surface area (Å²) >= 11 is 0.757. The van der Waals surface area contributed by atoms with Gasteiger partial charge in [0.05, 0.1) is 58.9 Å². The van der Waals surface area contributed by atoms with Crippen LogP contribution in [0, 0.1) is 20.2 Å². The van der Waals surface area contributed by atoms with Crippen molar-refractivity contribution in [1.29, 1.82) is 0 Å². The van der Waals surface area contributed by atoms with Crippen LogP contribution < -0.4 is 10.2 Å². The Morgan fingerprint density at radius 2 is 0.943 bits per heavy atom. The van der Waals surface area contributed by atoms with Gasteiger partial charge in [0.15, 0.2) is 0 Å². The van der Waals surface area contributed by atoms with Gasteiger partial charge in [-0.2, -0.15) is 0 Å². The first kappa shape index (κ1) is 43.9. The number of carbonyl (C=O) groups is 2. The average Bonchev–Trinajstić information content (AvgIpc) is 3.13. The third-order valence-electron chi connectivity index (χ3n) is 7.89. The average molecular weight is 825 g/mol. The first-order valence-electron chi connectivity index (χ1n) is 15.0. The Kier molecular flexibility index (Phi) is 16.7. The standard InChI is InChI=1S/2C17H18N2O6.2ClH.Cu/c2*1-9-13(16(20)24-3)15(14(10(2)18-9)17(21)25-4)11-7-5-6-8-12(11)19(22)23;;;/h2*5-8,15,20H,1-4H3;2*1H;/q;;;;+2/p-4. The summed E-state index contributed by atoms with van der Waals surface area (Å²) in [7, 11) is 14.1. The third-order valence-corrected chi connectivity index (χ3v) is 7.89. The van der Waals surface area contributed by atoms with E-state index in [-0.39, 0.29) is 44.8 Å².